The number of aliphatic hydroxyl groups excluding tert-OH is 2. The number of hydrogen-bond acceptors (Lipinski definition) is 5. The molecule has 19 heavy (non-hydrogen) atoms. The Balaban J connectivity index is 2.41. The average molecular weight is 268 g/mol. The van der Waals surface area contributed by atoms with E-state index in [1.165, 1.54) is 10.8 Å². The molecule has 0 spiro atoms. The summed E-state index contributed by atoms with van der Waals surface area (Å²) in [5.74, 6) is 0. The lowest BCUT2D eigenvalue weighted by atomic mass is 10.2. The van der Waals surface area contributed by atoms with Gasteiger partial charge in [0.2, 0.25) is 0 Å². The molecule has 0 aliphatic carbocycles. The van der Waals surface area contributed by atoms with Crippen LogP contribution in [0.3, 0.4) is 0 Å². The largest absolute Gasteiger partial charge is 0.394 e. The number of nitrogens with zero attached hydrogens (tertiary/aromatic N) is 1. The van der Waals surface area contributed by atoms with Crippen LogP contribution in [0.4, 0.5) is 0 Å². The Morgan fingerprint density at radius 3 is 2.84 bits per heavy atom. The van der Waals surface area contributed by atoms with E-state index in [0.717, 1.165) is 0 Å². The summed E-state index contributed by atoms with van der Waals surface area (Å²) in [6, 6.07) is 0. The molecule has 1 aromatic heterocycles. The van der Waals surface area contributed by atoms with Gasteiger partial charge in [0.15, 0.2) is 0 Å². The lowest BCUT2D eigenvalue weighted by Gasteiger charge is -2.15. The summed E-state index contributed by atoms with van der Waals surface area (Å²) in [5.41, 5.74) is -0.325. The summed E-state index contributed by atoms with van der Waals surface area (Å²) in [6.45, 7) is 4.99. The van der Waals surface area contributed by atoms with Crippen LogP contribution in [0.15, 0.2) is 22.4 Å². The quantitative estimate of drug-likeness (QED) is 0.666. The Morgan fingerprint density at radius 1 is 1.63 bits per heavy atom. The molecular weight excluding hydrogens is 252 g/mol. The summed E-state index contributed by atoms with van der Waals surface area (Å²) in [7, 11) is 0. The Hall–Kier alpha value is -1.70. The summed E-state index contributed by atoms with van der Waals surface area (Å²) in [4.78, 5) is 25.5. The normalized spacial score (nSPS) is 26.6. The van der Waals surface area contributed by atoms with Gasteiger partial charge in [-0.15, -0.1) is 0 Å². The Morgan fingerprint density at radius 2 is 2.32 bits per heavy atom. The minimum absolute atomic E-state index is 0.173. The molecule has 104 valence electrons. The van der Waals surface area contributed by atoms with Crippen molar-refractivity contribution < 1.29 is 14.9 Å². The molecule has 3 atom stereocenters. The zero-order valence-electron chi connectivity index (χ0n) is 10.5. The third-order valence-corrected chi connectivity index (χ3v) is 3.12. The van der Waals surface area contributed by atoms with Gasteiger partial charge in [0, 0.05) is 12.6 Å². The molecule has 1 aromatic rings. The van der Waals surface area contributed by atoms with Crippen LogP contribution >= 0.6 is 0 Å². The van der Waals surface area contributed by atoms with E-state index >= 15 is 0 Å². The topological polar surface area (TPSA) is 105 Å². The number of nitrogens with one attached hydrogen (secondary N) is 1. The zero-order valence-corrected chi connectivity index (χ0v) is 10.5. The molecule has 1 saturated heterocycles. The van der Waals surface area contributed by atoms with Crippen LogP contribution in [-0.2, 0) is 4.74 Å². The van der Waals surface area contributed by atoms with Gasteiger partial charge in [-0.05, 0) is 12.5 Å². The number of aliphatic hydroxyl groups is 2. The molecule has 3 N–H and O–H groups in total. The maximum absolute atomic E-state index is 11.8. The Bertz CT molecular complexity index is 603. The van der Waals surface area contributed by atoms with Crippen LogP contribution in [0.25, 0.3) is 5.57 Å². The molecule has 0 saturated carbocycles. The van der Waals surface area contributed by atoms with Crippen molar-refractivity contribution in [2.45, 2.75) is 31.8 Å². The third-order valence-electron chi connectivity index (χ3n) is 3.12. The van der Waals surface area contributed by atoms with Crippen molar-refractivity contribution in [1.82, 2.24) is 9.55 Å². The van der Waals surface area contributed by atoms with E-state index in [0.29, 0.717) is 5.57 Å². The van der Waals surface area contributed by atoms with Gasteiger partial charge in [-0.25, -0.2) is 4.79 Å². The third kappa shape index (κ3) is 2.53. The van der Waals surface area contributed by atoms with Gasteiger partial charge in [0.1, 0.15) is 12.3 Å². The zero-order chi connectivity index (χ0) is 14.2. The van der Waals surface area contributed by atoms with Crippen molar-refractivity contribution in [3.05, 3.63) is 39.2 Å². The smallest absolute Gasteiger partial charge is 0.330 e. The highest BCUT2D eigenvalue weighted by Crippen LogP contribution is 2.27. The molecular formula is C12H16N2O5. The molecule has 1 aliphatic heterocycles. The van der Waals surface area contributed by atoms with Crippen molar-refractivity contribution in [3.63, 3.8) is 0 Å². The molecule has 7 heteroatoms. The standard InChI is InChI=1S/C12H16N2O5/c1-6(2)7-4-14(12(18)13-11(7)17)10-3-8(16)9(5-15)19-10/h4,8-10,15-16H,1,3,5H2,2H3,(H,13,17,18)/t8-,9+,10-/m0/s1. The van der Waals surface area contributed by atoms with Crippen LogP contribution in [0.2, 0.25) is 0 Å². The minimum atomic E-state index is -0.845. The van der Waals surface area contributed by atoms with E-state index in [1.807, 2.05) is 0 Å². The second-order valence-corrected chi connectivity index (χ2v) is 4.60. The van der Waals surface area contributed by atoms with E-state index in [2.05, 4.69) is 11.6 Å². The minimum Gasteiger partial charge on any atom is -0.394 e. The molecule has 0 radical (unpaired) electrons. The van der Waals surface area contributed by atoms with Gasteiger partial charge in [-0.3, -0.25) is 14.3 Å². The maximum atomic E-state index is 11.8. The summed E-state index contributed by atoms with van der Waals surface area (Å²) < 4.78 is 6.57. The molecule has 2 rings (SSSR count). The number of rotatable bonds is 3. The molecule has 0 unspecified atom stereocenters. The van der Waals surface area contributed by atoms with Crippen LogP contribution in [0.5, 0.6) is 0 Å². The van der Waals surface area contributed by atoms with E-state index in [1.54, 1.807) is 6.92 Å². The lowest BCUT2D eigenvalue weighted by molar-refractivity contribution is -0.0459. The fraction of sp³-hybridized carbons (Fsp3) is 0.500. The molecule has 1 aliphatic rings. The van der Waals surface area contributed by atoms with Crippen LogP contribution < -0.4 is 11.2 Å². The first kappa shape index (κ1) is 13.7. The Labute approximate surface area is 108 Å². The van der Waals surface area contributed by atoms with Gasteiger partial charge < -0.3 is 14.9 Å². The molecule has 2 heterocycles. The van der Waals surface area contributed by atoms with Crippen molar-refractivity contribution >= 4 is 5.57 Å². The molecule has 0 bridgehead atoms. The monoisotopic (exact) mass is 268 g/mol. The first-order chi connectivity index (χ1) is 8.93. The van der Waals surface area contributed by atoms with Crippen LogP contribution in [-0.4, -0.2) is 38.6 Å². The van der Waals surface area contributed by atoms with Crippen molar-refractivity contribution in [2.24, 2.45) is 0 Å². The summed E-state index contributed by atoms with van der Waals surface area (Å²) in [6.07, 6.45) is -0.748. The first-order valence-corrected chi connectivity index (χ1v) is 5.89. The maximum Gasteiger partial charge on any atom is 0.330 e. The molecule has 0 aromatic carbocycles. The van der Waals surface area contributed by atoms with E-state index in [-0.39, 0.29) is 18.6 Å². The summed E-state index contributed by atoms with van der Waals surface area (Å²) in [5, 5.41) is 18.7. The molecule has 0 amide bonds. The second-order valence-electron chi connectivity index (χ2n) is 4.60. The van der Waals surface area contributed by atoms with E-state index in [9.17, 15) is 14.7 Å². The van der Waals surface area contributed by atoms with E-state index in [4.69, 9.17) is 9.84 Å². The van der Waals surface area contributed by atoms with Gasteiger partial charge in [0.25, 0.3) is 5.56 Å². The number of aromatic nitrogens is 2. The van der Waals surface area contributed by atoms with Gasteiger partial charge >= 0.3 is 5.69 Å². The molecule has 1 fully saturated rings. The predicted molar refractivity (Wildman–Crippen MR) is 67.7 cm³/mol. The second kappa shape index (κ2) is 5.12. The fourth-order valence-corrected chi connectivity index (χ4v) is 2.05. The van der Waals surface area contributed by atoms with Crippen LogP contribution in [0.1, 0.15) is 25.1 Å². The van der Waals surface area contributed by atoms with Crippen LogP contribution in [0, 0.1) is 0 Å². The van der Waals surface area contributed by atoms with Crippen molar-refractivity contribution in [1.29, 1.82) is 0 Å². The highest BCUT2D eigenvalue weighted by molar-refractivity contribution is 5.59. The van der Waals surface area contributed by atoms with Crippen molar-refractivity contribution in [3.8, 4) is 0 Å². The SMILES string of the molecule is C=C(C)c1cn([C@@H]2C[C@H](O)[C@@H](CO)O2)c(=O)[nH]c1=O. The highest BCUT2D eigenvalue weighted by atomic mass is 16.5. The van der Waals surface area contributed by atoms with Crippen molar-refractivity contribution in [2.75, 3.05) is 6.61 Å². The molecule has 7 nitrogen and oxygen atoms in total. The fourth-order valence-electron chi connectivity index (χ4n) is 2.05. The van der Waals surface area contributed by atoms with Gasteiger partial charge in [-0.1, -0.05) is 6.58 Å². The average Bonchev–Trinajstić information content (AvgIpc) is 2.69. The number of ether oxygens (including phenoxy) is 1. The first-order valence-electron chi connectivity index (χ1n) is 5.89. The number of allylic oxidation sites excluding steroid dienone is 1. The number of aromatic amines is 1. The number of hydrogen-bond donors (Lipinski definition) is 3. The predicted octanol–water partition coefficient (Wildman–Crippen LogP) is -0.790. The Kier molecular flexibility index (Phi) is 3.70. The number of H-pyrrole nitrogens is 1. The van der Waals surface area contributed by atoms with Gasteiger partial charge in [-0.2, -0.15) is 0 Å². The van der Waals surface area contributed by atoms with Gasteiger partial charge in [0.05, 0.1) is 18.3 Å². The highest BCUT2D eigenvalue weighted by Gasteiger charge is 2.35. The van der Waals surface area contributed by atoms with E-state index < -0.39 is 29.7 Å². The lowest BCUT2D eigenvalue weighted by Crippen LogP contribution is -2.34. The summed E-state index contributed by atoms with van der Waals surface area (Å²) >= 11 is 0.